The maximum atomic E-state index is 13.0. The number of rotatable bonds is 9. The fourth-order valence-electron chi connectivity index (χ4n) is 2.64. The van der Waals surface area contributed by atoms with Gasteiger partial charge in [-0.2, -0.15) is 0 Å². The van der Waals surface area contributed by atoms with Gasteiger partial charge in [-0.05, 0) is 84.8 Å². The van der Waals surface area contributed by atoms with Gasteiger partial charge < -0.3 is 15.0 Å². The Kier molecular flexibility index (Phi) is 9.71. The normalized spacial score (nSPS) is 12.7. The second kappa shape index (κ2) is 11.8. The Labute approximate surface area is 201 Å². The highest BCUT2D eigenvalue weighted by molar-refractivity contribution is 14.1. The van der Waals surface area contributed by atoms with Gasteiger partial charge in [0, 0.05) is 16.2 Å². The van der Waals surface area contributed by atoms with Crippen molar-refractivity contribution in [1.82, 2.24) is 10.2 Å². The van der Waals surface area contributed by atoms with E-state index >= 15 is 0 Å². The summed E-state index contributed by atoms with van der Waals surface area (Å²) in [6.45, 7) is 5.65. The van der Waals surface area contributed by atoms with Crippen LogP contribution >= 0.6 is 45.8 Å². The molecule has 2 aromatic rings. The number of nitrogens with zero attached hydrogens (tertiary/aromatic N) is 1. The third-order valence-electron chi connectivity index (χ3n) is 4.68. The molecule has 2 rings (SSSR count). The summed E-state index contributed by atoms with van der Waals surface area (Å²) in [6, 6.07) is 11.9. The van der Waals surface area contributed by atoms with Crippen molar-refractivity contribution >= 4 is 57.6 Å². The molecule has 0 radical (unpaired) electrons. The summed E-state index contributed by atoms with van der Waals surface area (Å²) in [7, 11) is 0. The van der Waals surface area contributed by atoms with E-state index in [2.05, 4.69) is 27.9 Å². The molecule has 0 heterocycles. The zero-order valence-corrected chi connectivity index (χ0v) is 20.8. The first-order chi connectivity index (χ1) is 14.2. The van der Waals surface area contributed by atoms with Crippen molar-refractivity contribution in [3.05, 3.63) is 61.6 Å². The summed E-state index contributed by atoms with van der Waals surface area (Å²) >= 11 is 14.3. The average molecular weight is 563 g/mol. The van der Waals surface area contributed by atoms with Gasteiger partial charge in [0.1, 0.15) is 11.8 Å². The van der Waals surface area contributed by atoms with Gasteiger partial charge >= 0.3 is 0 Å². The van der Waals surface area contributed by atoms with E-state index < -0.39 is 6.04 Å². The van der Waals surface area contributed by atoms with Gasteiger partial charge in [-0.3, -0.25) is 9.59 Å². The number of carbonyl (C=O) groups excluding carboxylic acids is 2. The van der Waals surface area contributed by atoms with Crippen molar-refractivity contribution in [1.29, 1.82) is 0 Å². The molecule has 2 aromatic carbocycles. The molecule has 0 aliphatic carbocycles. The number of carbonyl (C=O) groups is 2. The lowest BCUT2D eigenvalue weighted by atomic mass is 10.1. The number of benzene rings is 2. The molecule has 1 N–H and O–H groups in total. The van der Waals surface area contributed by atoms with E-state index in [1.54, 1.807) is 37.3 Å². The first kappa shape index (κ1) is 24.8. The quantitative estimate of drug-likeness (QED) is 0.421. The third-order valence-corrected chi connectivity index (χ3v) is 6.14. The minimum absolute atomic E-state index is 0.0184. The molecule has 0 aliphatic heterocycles. The van der Waals surface area contributed by atoms with Crippen LogP contribution in [0, 0.1) is 3.57 Å². The molecule has 0 aromatic heterocycles. The predicted octanol–water partition coefficient (Wildman–Crippen LogP) is 5.31. The van der Waals surface area contributed by atoms with Gasteiger partial charge in [-0.1, -0.05) is 36.2 Å². The molecule has 162 valence electrons. The molecule has 0 aliphatic rings. The van der Waals surface area contributed by atoms with Crippen LogP contribution in [0.3, 0.4) is 0 Å². The lowest BCUT2D eigenvalue weighted by Crippen LogP contribution is -2.50. The van der Waals surface area contributed by atoms with Gasteiger partial charge in [0.05, 0.1) is 10.0 Å². The SMILES string of the molecule is CC[C@@H](C)NC(=O)[C@@H](C)N(Cc1ccc(Cl)c(Cl)c1)C(=O)COc1ccc(I)cc1. The lowest BCUT2D eigenvalue weighted by Gasteiger charge is -2.29. The summed E-state index contributed by atoms with van der Waals surface area (Å²) in [5, 5.41) is 3.76. The summed E-state index contributed by atoms with van der Waals surface area (Å²) in [5.74, 6) is 0.0772. The molecule has 0 fully saturated rings. The molecule has 0 spiro atoms. The van der Waals surface area contributed by atoms with Crippen molar-refractivity contribution in [2.45, 2.75) is 45.8 Å². The van der Waals surface area contributed by atoms with Crippen LogP contribution in [0.1, 0.15) is 32.8 Å². The van der Waals surface area contributed by atoms with Crippen molar-refractivity contribution in [3.63, 3.8) is 0 Å². The van der Waals surface area contributed by atoms with Crippen LogP contribution in [0.2, 0.25) is 10.0 Å². The van der Waals surface area contributed by atoms with Crippen LogP contribution in [0.5, 0.6) is 5.75 Å². The van der Waals surface area contributed by atoms with Crippen molar-refractivity contribution in [2.24, 2.45) is 0 Å². The van der Waals surface area contributed by atoms with E-state index in [1.165, 1.54) is 4.90 Å². The van der Waals surface area contributed by atoms with Gasteiger partial charge in [0.15, 0.2) is 6.61 Å². The molecule has 2 atom stereocenters. The van der Waals surface area contributed by atoms with Crippen molar-refractivity contribution in [2.75, 3.05) is 6.61 Å². The first-order valence-electron chi connectivity index (χ1n) is 9.63. The third kappa shape index (κ3) is 7.32. The van der Waals surface area contributed by atoms with E-state index in [0.29, 0.717) is 15.8 Å². The second-order valence-electron chi connectivity index (χ2n) is 7.01. The van der Waals surface area contributed by atoms with E-state index in [0.717, 1.165) is 15.6 Å². The van der Waals surface area contributed by atoms with Gasteiger partial charge in [-0.25, -0.2) is 0 Å². The summed E-state index contributed by atoms with van der Waals surface area (Å²) in [6.07, 6.45) is 0.801. The Morgan fingerprint density at radius 3 is 2.37 bits per heavy atom. The molecule has 0 saturated carbocycles. The summed E-state index contributed by atoms with van der Waals surface area (Å²) in [5.41, 5.74) is 0.773. The number of ether oxygens (including phenoxy) is 1. The van der Waals surface area contributed by atoms with Crippen LogP contribution in [0.15, 0.2) is 42.5 Å². The molecule has 30 heavy (non-hydrogen) atoms. The standard InChI is InChI=1S/C22H25Cl2IN2O3/c1-4-14(2)26-22(29)15(3)27(12-16-5-10-19(23)20(24)11-16)21(28)13-30-18-8-6-17(25)7-9-18/h5-11,14-15H,4,12-13H2,1-3H3,(H,26,29)/t14-,15-/m1/s1. The Bertz CT molecular complexity index is 877. The molecular weight excluding hydrogens is 538 g/mol. The Morgan fingerprint density at radius 2 is 1.77 bits per heavy atom. The van der Waals surface area contributed by atoms with Crippen LogP contribution in [-0.2, 0) is 16.1 Å². The predicted molar refractivity (Wildman–Crippen MR) is 129 cm³/mol. The Balaban J connectivity index is 2.17. The second-order valence-corrected chi connectivity index (χ2v) is 9.07. The summed E-state index contributed by atoms with van der Waals surface area (Å²) in [4.78, 5) is 27.2. The number of halogens is 3. The number of nitrogens with one attached hydrogen (secondary N) is 1. The highest BCUT2D eigenvalue weighted by Gasteiger charge is 2.27. The monoisotopic (exact) mass is 562 g/mol. The molecule has 5 nitrogen and oxygen atoms in total. The number of amides is 2. The maximum absolute atomic E-state index is 13.0. The van der Waals surface area contributed by atoms with E-state index in [-0.39, 0.29) is 31.0 Å². The highest BCUT2D eigenvalue weighted by atomic mass is 127. The van der Waals surface area contributed by atoms with Gasteiger partial charge in [0.2, 0.25) is 5.91 Å². The van der Waals surface area contributed by atoms with Crippen LogP contribution in [0.25, 0.3) is 0 Å². The molecule has 0 unspecified atom stereocenters. The summed E-state index contributed by atoms with van der Waals surface area (Å²) < 4.78 is 6.72. The molecule has 8 heteroatoms. The number of hydrogen-bond donors (Lipinski definition) is 1. The lowest BCUT2D eigenvalue weighted by molar-refractivity contribution is -0.142. The fraction of sp³-hybridized carbons (Fsp3) is 0.364. The molecule has 0 bridgehead atoms. The smallest absolute Gasteiger partial charge is 0.261 e. The molecule has 2 amide bonds. The fourth-order valence-corrected chi connectivity index (χ4v) is 3.32. The Morgan fingerprint density at radius 1 is 1.10 bits per heavy atom. The first-order valence-corrected chi connectivity index (χ1v) is 11.5. The zero-order chi connectivity index (χ0) is 22.3. The van der Waals surface area contributed by atoms with Crippen molar-refractivity contribution in [3.8, 4) is 5.75 Å². The van der Waals surface area contributed by atoms with E-state index in [1.807, 2.05) is 26.0 Å². The molecule has 0 saturated heterocycles. The Hall–Kier alpha value is -1.51. The minimum atomic E-state index is -0.679. The topological polar surface area (TPSA) is 58.6 Å². The average Bonchev–Trinajstić information content (AvgIpc) is 2.73. The minimum Gasteiger partial charge on any atom is -0.484 e. The largest absolute Gasteiger partial charge is 0.484 e. The van der Waals surface area contributed by atoms with E-state index in [9.17, 15) is 9.59 Å². The van der Waals surface area contributed by atoms with Gasteiger partial charge in [0.25, 0.3) is 5.91 Å². The number of hydrogen-bond acceptors (Lipinski definition) is 3. The van der Waals surface area contributed by atoms with Crippen LogP contribution < -0.4 is 10.1 Å². The zero-order valence-electron chi connectivity index (χ0n) is 17.1. The van der Waals surface area contributed by atoms with Crippen LogP contribution in [0.4, 0.5) is 0 Å². The highest BCUT2D eigenvalue weighted by Crippen LogP contribution is 2.24. The maximum Gasteiger partial charge on any atom is 0.261 e. The van der Waals surface area contributed by atoms with Crippen LogP contribution in [-0.4, -0.2) is 35.4 Å². The van der Waals surface area contributed by atoms with Crippen molar-refractivity contribution < 1.29 is 14.3 Å². The molecular formula is C22H25Cl2IN2O3. The van der Waals surface area contributed by atoms with Gasteiger partial charge in [-0.15, -0.1) is 0 Å². The van der Waals surface area contributed by atoms with E-state index in [4.69, 9.17) is 27.9 Å².